The summed E-state index contributed by atoms with van der Waals surface area (Å²) in [5, 5.41) is 15.1. The summed E-state index contributed by atoms with van der Waals surface area (Å²) >= 11 is -0.384. The summed E-state index contributed by atoms with van der Waals surface area (Å²) < 4.78 is 1.76. The quantitative estimate of drug-likeness (QED) is 0.598. The van der Waals surface area contributed by atoms with Gasteiger partial charge in [-0.25, -0.2) is 0 Å². The molecule has 1 aromatic heterocycles. The molecule has 0 spiro atoms. The van der Waals surface area contributed by atoms with Gasteiger partial charge in [0.05, 0.1) is 0 Å². The maximum Gasteiger partial charge on any atom is 0.149 e. The largest absolute Gasteiger partial charge is 0.189 e. The van der Waals surface area contributed by atoms with Crippen molar-refractivity contribution in [1.82, 2.24) is 19.6 Å². The SMILES string of the molecule is C1=C[SH](n2cnnn2)C=C1. The van der Waals surface area contributed by atoms with Crippen LogP contribution in [-0.2, 0) is 0 Å². The van der Waals surface area contributed by atoms with Crippen LogP contribution in [0.1, 0.15) is 0 Å². The fraction of sp³-hybridized carbons (Fsp3) is 0. The van der Waals surface area contributed by atoms with E-state index in [1.54, 1.807) is 10.4 Å². The van der Waals surface area contributed by atoms with Crippen molar-refractivity contribution in [2.75, 3.05) is 0 Å². The molecule has 0 bridgehead atoms. The average molecular weight is 154 g/mol. The molecule has 0 saturated heterocycles. The first-order valence-corrected chi connectivity index (χ1v) is 4.27. The predicted octanol–water partition coefficient (Wildman–Crippen LogP) is 0.478. The molecule has 0 saturated carbocycles. The van der Waals surface area contributed by atoms with Gasteiger partial charge in [0, 0.05) is 0 Å². The van der Waals surface area contributed by atoms with Crippen LogP contribution in [0.2, 0.25) is 0 Å². The Balaban J connectivity index is 2.29. The molecule has 1 aromatic rings. The van der Waals surface area contributed by atoms with E-state index in [0.717, 1.165) is 0 Å². The van der Waals surface area contributed by atoms with Crippen molar-refractivity contribution in [3.05, 3.63) is 29.3 Å². The lowest BCUT2D eigenvalue weighted by molar-refractivity contribution is 0.853. The molecule has 0 aliphatic carbocycles. The van der Waals surface area contributed by atoms with Crippen molar-refractivity contribution in [2.45, 2.75) is 0 Å². The molecule has 1 aliphatic heterocycles. The lowest BCUT2D eigenvalue weighted by atomic mass is 10.6. The molecule has 4 nitrogen and oxygen atoms in total. The van der Waals surface area contributed by atoms with Crippen molar-refractivity contribution in [3.63, 3.8) is 0 Å². The molecule has 10 heavy (non-hydrogen) atoms. The number of hydrogen-bond acceptors (Lipinski definition) is 3. The highest BCUT2D eigenvalue weighted by Crippen LogP contribution is 2.32. The summed E-state index contributed by atoms with van der Waals surface area (Å²) in [6, 6.07) is 0. The van der Waals surface area contributed by atoms with Crippen molar-refractivity contribution < 1.29 is 0 Å². The van der Waals surface area contributed by atoms with Crippen molar-refractivity contribution in [3.8, 4) is 0 Å². The van der Waals surface area contributed by atoms with Gasteiger partial charge in [-0.15, -0.1) is 16.2 Å². The Morgan fingerprint density at radius 3 is 2.60 bits per heavy atom. The third-order valence-electron chi connectivity index (χ3n) is 1.16. The molecule has 2 heterocycles. The first-order valence-electron chi connectivity index (χ1n) is 2.83. The fourth-order valence-electron chi connectivity index (χ4n) is 0.724. The van der Waals surface area contributed by atoms with E-state index in [1.165, 1.54) is 0 Å². The monoisotopic (exact) mass is 154 g/mol. The fourth-order valence-corrected chi connectivity index (χ4v) is 1.94. The third-order valence-corrected chi connectivity index (χ3v) is 2.78. The second-order valence-corrected chi connectivity index (χ2v) is 3.56. The molecule has 5 heteroatoms. The number of thiol groups is 1. The van der Waals surface area contributed by atoms with E-state index in [9.17, 15) is 0 Å². The molecule has 52 valence electrons. The standard InChI is InChI=1S/C5H6N4S/c1-2-4-10(3-1)9-5-6-7-8-9/h1-5,10H. The molecule has 1 aliphatic rings. The Labute approximate surface area is 60.7 Å². The topological polar surface area (TPSA) is 43.6 Å². The minimum atomic E-state index is -0.384. The average Bonchev–Trinajstić information content (AvgIpc) is 2.59. The number of aromatic nitrogens is 4. The Kier molecular flexibility index (Phi) is 1.28. The second-order valence-electron chi connectivity index (χ2n) is 1.79. The van der Waals surface area contributed by atoms with Crippen LogP contribution in [0.25, 0.3) is 0 Å². The smallest absolute Gasteiger partial charge is 0.149 e. The van der Waals surface area contributed by atoms with Gasteiger partial charge in [0.25, 0.3) is 0 Å². The van der Waals surface area contributed by atoms with E-state index < -0.39 is 0 Å². The molecule has 0 radical (unpaired) electrons. The number of allylic oxidation sites excluding steroid dienone is 2. The number of hydrogen-bond donors (Lipinski definition) is 1. The molecule has 0 unspecified atom stereocenters. The van der Waals surface area contributed by atoms with Crippen molar-refractivity contribution >= 4 is 11.1 Å². The minimum Gasteiger partial charge on any atom is -0.189 e. The van der Waals surface area contributed by atoms with E-state index in [0.29, 0.717) is 0 Å². The van der Waals surface area contributed by atoms with Gasteiger partial charge >= 0.3 is 0 Å². The van der Waals surface area contributed by atoms with Gasteiger partial charge in [0.1, 0.15) is 6.33 Å². The zero-order valence-electron chi connectivity index (χ0n) is 5.12. The summed E-state index contributed by atoms with van der Waals surface area (Å²) in [4.78, 5) is 0. The summed E-state index contributed by atoms with van der Waals surface area (Å²) in [6.07, 6.45) is 5.65. The molecular weight excluding hydrogens is 148 g/mol. The highest BCUT2D eigenvalue weighted by molar-refractivity contribution is 8.20. The van der Waals surface area contributed by atoms with Crippen LogP contribution in [0.4, 0.5) is 0 Å². The normalized spacial score (nSPS) is 18.6. The molecule has 2 rings (SSSR count). The zero-order chi connectivity index (χ0) is 6.81. The number of rotatable bonds is 1. The van der Waals surface area contributed by atoms with E-state index in [-0.39, 0.29) is 11.1 Å². The van der Waals surface area contributed by atoms with E-state index in [4.69, 9.17) is 0 Å². The minimum absolute atomic E-state index is 0.384. The summed E-state index contributed by atoms with van der Waals surface area (Å²) in [5.41, 5.74) is 0. The Hall–Kier alpha value is -1.10. The molecule has 0 atom stereocenters. The van der Waals surface area contributed by atoms with Crippen LogP contribution in [-0.4, -0.2) is 19.6 Å². The van der Waals surface area contributed by atoms with Crippen LogP contribution in [0, 0.1) is 0 Å². The van der Waals surface area contributed by atoms with Gasteiger partial charge in [-0.3, -0.25) is 0 Å². The second kappa shape index (κ2) is 2.26. The van der Waals surface area contributed by atoms with Gasteiger partial charge < -0.3 is 0 Å². The molecular formula is C5H6N4S. The number of nitrogens with zero attached hydrogens (tertiary/aromatic N) is 4. The van der Waals surface area contributed by atoms with Crippen LogP contribution in [0.15, 0.2) is 29.3 Å². The zero-order valence-corrected chi connectivity index (χ0v) is 6.02. The predicted molar refractivity (Wildman–Crippen MR) is 40.5 cm³/mol. The van der Waals surface area contributed by atoms with Gasteiger partial charge in [-0.1, -0.05) is 12.2 Å². The Morgan fingerprint density at radius 1 is 1.20 bits per heavy atom. The van der Waals surface area contributed by atoms with Crippen LogP contribution >= 0.6 is 11.1 Å². The van der Waals surface area contributed by atoms with Crippen molar-refractivity contribution in [1.29, 1.82) is 0 Å². The van der Waals surface area contributed by atoms with Crippen molar-refractivity contribution in [2.24, 2.45) is 0 Å². The highest BCUT2D eigenvalue weighted by Gasteiger charge is 2.00. The van der Waals surface area contributed by atoms with Crippen LogP contribution in [0.5, 0.6) is 0 Å². The third kappa shape index (κ3) is 0.841. The van der Waals surface area contributed by atoms with Crippen LogP contribution in [0.3, 0.4) is 0 Å². The number of tetrazole rings is 1. The Bertz CT molecular complexity index is 251. The molecule has 0 fully saturated rings. The van der Waals surface area contributed by atoms with Crippen LogP contribution < -0.4 is 0 Å². The first kappa shape index (κ1) is 5.67. The highest BCUT2D eigenvalue weighted by atomic mass is 32.2. The lowest BCUT2D eigenvalue weighted by Gasteiger charge is -2.05. The van der Waals surface area contributed by atoms with E-state index in [2.05, 4.69) is 26.3 Å². The summed E-state index contributed by atoms with van der Waals surface area (Å²) in [5.74, 6) is 0. The maximum absolute atomic E-state index is 3.78. The first-order chi connectivity index (χ1) is 4.97. The summed E-state index contributed by atoms with van der Waals surface area (Å²) in [7, 11) is 0. The van der Waals surface area contributed by atoms with E-state index >= 15 is 0 Å². The van der Waals surface area contributed by atoms with Gasteiger partial charge in [0.15, 0.2) is 0 Å². The Morgan fingerprint density at radius 2 is 2.00 bits per heavy atom. The lowest BCUT2D eigenvalue weighted by Crippen LogP contribution is -1.90. The van der Waals surface area contributed by atoms with Gasteiger partial charge in [-0.05, 0) is 21.2 Å². The molecule has 0 aromatic carbocycles. The van der Waals surface area contributed by atoms with E-state index in [1.807, 2.05) is 12.2 Å². The summed E-state index contributed by atoms with van der Waals surface area (Å²) in [6.45, 7) is 0. The molecule has 0 amide bonds. The van der Waals surface area contributed by atoms with Gasteiger partial charge in [-0.2, -0.15) is 4.09 Å². The maximum atomic E-state index is 3.78. The molecule has 0 N–H and O–H groups in total. The van der Waals surface area contributed by atoms with Gasteiger partial charge in [0.2, 0.25) is 0 Å².